The second kappa shape index (κ2) is 18.6. The maximum atomic E-state index is 5.97. The third kappa shape index (κ3) is 12.9. The molecule has 2 aromatic rings. The van der Waals surface area contributed by atoms with Gasteiger partial charge >= 0.3 is 0 Å². The van der Waals surface area contributed by atoms with Gasteiger partial charge in [0.2, 0.25) is 0 Å². The van der Waals surface area contributed by atoms with Gasteiger partial charge in [-0.25, -0.2) is 0 Å². The van der Waals surface area contributed by atoms with Gasteiger partial charge in [-0.3, -0.25) is 0 Å². The van der Waals surface area contributed by atoms with E-state index in [4.69, 9.17) is 4.74 Å². The summed E-state index contributed by atoms with van der Waals surface area (Å²) >= 11 is 0. The highest BCUT2D eigenvalue weighted by Crippen LogP contribution is 2.23. The predicted octanol–water partition coefficient (Wildman–Crippen LogP) is 10.6. The third-order valence-corrected chi connectivity index (χ3v) is 6.73. The second-order valence-corrected chi connectivity index (χ2v) is 9.77. The van der Waals surface area contributed by atoms with E-state index in [-0.39, 0.29) is 0 Å². The number of rotatable bonds is 20. The zero-order valence-corrected chi connectivity index (χ0v) is 21.8. The molecule has 0 aliphatic carbocycles. The number of unbranched alkanes of at least 4 members (excludes halogenated alkanes) is 14. The fraction of sp³-hybridized carbons (Fsp3) is 0.625. The zero-order valence-electron chi connectivity index (χ0n) is 21.8. The van der Waals surface area contributed by atoms with Crippen LogP contribution in [0.25, 0.3) is 11.1 Å². The van der Waals surface area contributed by atoms with Crippen molar-refractivity contribution in [1.82, 2.24) is 0 Å². The Morgan fingerprint density at radius 1 is 0.455 bits per heavy atom. The summed E-state index contributed by atoms with van der Waals surface area (Å²) in [6.45, 7) is 5.40. The van der Waals surface area contributed by atoms with Gasteiger partial charge in [-0.2, -0.15) is 0 Å². The Balaban J connectivity index is 1.57. The van der Waals surface area contributed by atoms with Crippen LogP contribution in [0.5, 0.6) is 5.75 Å². The van der Waals surface area contributed by atoms with E-state index >= 15 is 0 Å². The molecule has 0 bridgehead atoms. The summed E-state index contributed by atoms with van der Waals surface area (Å²) in [6.07, 6.45) is 23.0. The lowest BCUT2D eigenvalue weighted by molar-refractivity contribution is 0.304. The van der Waals surface area contributed by atoms with E-state index < -0.39 is 0 Å². The van der Waals surface area contributed by atoms with Crippen LogP contribution in [0.2, 0.25) is 0 Å². The first-order valence-corrected chi connectivity index (χ1v) is 14.2. The molecule has 0 aliphatic heterocycles. The molecule has 2 rings (SSSR count). The lowest BCUT2D eigenvalue weighted by Gasteiger charge is -2.08. The Bertz CT molecular complexity index is 685. The molecular weight excluding hydrogens is 400 g/mol. The van der Waals surface area contributed by atoms with Crippen LogP contribution >= 0.6 is 0 Å². The fourth-order valence-electron chi connectivity index (χ4n) is 4.50. The van der Waals surface area contributed by atoms with Gasteiger partial charge in [0.05, 0.1) is 6.61 Å². The van der Waals surface area contributed by atoms with Gasteiger partial charge in [-0.15, -0.1) is 0 Å². The Morgan fingerprint density at radius 2 is 0.879 bits per heavy atom. The number of hydrogen-bond acceptors (Lipinski definition) is 1. The molecular formula is C32H50O. The Morgan fingerprint density at radius 3 is 1.39 bits per heavy atom. The maximum absolute atomic E-state index is 5.97. The average molecular weight is 451 g/mol. The zero-order chi connectivity index (χ0) is 23.4. The molecule has 0 radical (unpaired) electrons. The van der Waals surface area contributed by atoms with E-state index in [9.17, 15) is 0 Å². The molecule has 0 saturated heterocycles. The molecule has 0 heterocycles. The van der Waals surface area contributed by atoms with Gasteiger partial charge in [0, 0.05) is 0 Å². The summed E-state index contributed by atoms with van der Waals surface area (Å²) < 4.78 is 5.97. The standard InChI is InChI=1S/C32H50O/c1-3-5-7-9-11-12-13-14-16-18-28-33-32-26-24-31(25-27-32)30-22-20-29(21-23-30)19-17-15-10-8-6-4-2/h20-27H,3-19,28H2,1-2H3. The molecule has 0 saturated carbocycles. The highest BCUT2D eigenvalue weighted by Gasteiger charge is 2.01. The van der Waals surface area contributed by atoms with Gasteiger partial charge < -0.3 is 4.74 Å². The van der Waals surface area contributed by atoms with Gasteiger partial charge in [-0.05, 0) is 48.1 Å². The van der Waals surface area contributed by atoms with Crippen molar-refractivity contribution >= 4 is 0 Å². The van der Waals surface area contributed by atoms with Crippen LogP contribution in [-0.4, -0.2) is 6.61 Å². The summed E-state index contributed by atoms with van der Waals surface area (Å²) in [5.41, 5.74) is 4.03. The topological polar surface area (TPSA) is 9.23 Å². The molecule has 0 spiro atoms. The van der Waals surface area contributed by atoms with Crippen molar-refractivity contribution in [3.63, 3.8) is 0 Å². The van der Waals surface area contributed by atoms with Crippen molar-refractivity contribution in [3.05, 3.63) is 54.1 Å². The highest BCUT2D eigenvalue weighted by molar-refractivity contribution is 5.64. The van der Waals surface area contributed by atoms with E-state index in [1.807, 2.05) is 0 Å². The molecule has 33 heavy (non-hydrogen) atoms. The van der Waals surface area contributed by atoms with Crippen molar-refractivity contribution in [2.45, 2.75) is 123 Å². The first-order chi connectivity index (χ1) is 16.3. The van der Waals surface area contributed by atoms with Crippen LogP contribution in [0.4, 0.5) is 0 Å². The third-order valence-electron chi connectivity index (χ3n) is 6.73. The van der Waals surface area contributed by atoms with Crippen LogP contribution in [-0.2, 0) is 6.42 Å². The minimum atomic E-state index is 0.836. The molecule has 0 aliphatic rings. The molecule has 1 nitrogen and oxygen atoms in total. The lowest BCUT2D eigenvalue weighted by Crippen LogP contribution is -1.97. The normalized spacial score (nSPS) is 11.1. The van der Waals surface area contributed by atoms with E-state index in [1.54, 1.807) is 0 Å². The van der Waals surface area contributed by atoms with E-state index in [1.165, 1.54) is 119 Å². The Labute approximate surface area is 205 Å². The first kappa shape index (κ1) is 27.5. The quantitative estimate of drug-likeness (QED) is 0.182. The van der Waals surface area contributed by atoms with Crippen molar-refractivity contribution in [2.24, 2.45) is 0 Å². The van der Waals surface area contributed by atoms with Gasteiger partial charge in [0.1, 0.15) is 5.75 Å². The summed E-state index contributed by atoms with van der Waals surface area (Å²) in [7, 11) is 0. The summed E-state index contributed by atoms with van der Waals surface area (Å²) in [5.74, 6) is 0.995. The average Bonchev–Trinajstić information content (AvgIpc) is 2.85. The number of hydrogen-bond donors (Lipinski definition) is 0. The molecule has 0 N–H and O–H groups in total. The first-order valence-electron chi connectivity index (χ1n) is 14.2. The van der Waals surface area contributed by atoms with Crippen LogP contribution in [0.1, 0.15) is 122 Å². The highest BCUT2D eigenvalue weighted by atomic mass is 16.5. The van der Waals surface area contributed by atoms with Crippen LogP contribution in [0.15, 0.2) is 48.5 Å². The monoisotopic (exact) mass is 450 g/mol. The summed E-state index contributed by atoms with van der Waals surface area (Å²) in [6, 6.07) is 17.8. The largest absolute Gasteiger partial charge is 0.494 e. The van der Waals surface area contributed by atoms with Crippen LogP contribution in [0.3, 0.4) is 0 Å². The van der Waals surface area contributed by atoms with E-state index in [0.717, 1.165) is 18.8 Å². The van der Waals surface area contributed by atoms with Crippen molar-refractivity contribution in [3.8, 4) is 16.9 Å². The molecule has 0 amide bonds. The minimum Gasteiger partial charge on any atom is -0.494 e. The minimum absolute atomic E-state index is 0.836. The smallest absolute Gasteiger partial charge is 0.119 e. The number of ether oxygens (including phenoxy) is 1. The maximum Gasteiger partial charge on any atom is 0.119 e. The predicted molar refractivity (Wildman–Crippen MR) is 146 cm³/mol. The second-order valence-electron chi connectivity index (χ2n) is 9.77. The van der Waals surface area contributed by atoms with Crippen LogP contribution in [0, 0.1) is 0 Å². The van der Waals surface area contributed by atoms with E-state index in [2.05, 4.69) is 62.4 Å². The van der Waals surface area contributed by atoms with Crippen molar-refractivity contribution in [1.29, 1.82) is 0 Å². The summed E-state index contributed by atoms with van der Waals surface area (Å²) in [4.78, 5) is 0. The van der Waals surface area contributed by atoms with Gasteiger partial charge in [0.15, 0.2) is 0 Å². The Kier molecular flexibility index (Phi) is 15.5. The molecule has 0 aromatic heterocycles. The molecule has 184 valence electrons. The van der Waals surface area contributed by atoms with Gasteiger partial charge in [0.25, 0.3) is 0 Å². The molecule has 1 heteroatoms. The Hall–Kier alpha value is -1.76. The number of benzene rings is 2. The molecule has 0 fully saturated rings. The molecule has 0 atom stereocenters. The lowest BCUT2D eigenvalue weighted by atomic mass is 10.0. The fourth-order valence-corrected chi connectivity index (χ4v) is 4.50. The van der Waals surface area contributed by atoms with Gasteiger partial charge in [-0.1, -0.05) is 140 Å². The molecule has 2 aromatic carbocycles. The van der Waals surface area contributed by atoms with Crippen molar-refractivity contribution in [2.75, 3.05) is 6.61 Å². The molecule has 0 unspecified atom stereocenters. The van der Waals surface area contributed by atoms with E-state index in [0.29, 0.717) is 0 Å². The number of aryl methyl sites for hydroxylation is 1. The SMILES string of the molecule is CCCCCCCCCCCCOc1ccc(-c2ccc(CCCCCCCC)cc2)cc1. The van der Waals surface area contributed by atoms with Crippen LogP contribution < -0.4 is 4.74 Å². The van der Waals surface area contributed by atoms with Crippen molar-refractivity contribution < 1.29 is 4.74 Å². The summed E-state index contributed by atoms with van der Waals surface area (Å²) in [5, 5.41) is 0.